The van der Waals surface area contributed by atoms with Gasteiger partial charge in [0.15, 0.2) is 0 Å². The summed E-state index contributed by atoms with van der Waals surface area (Å²) in [5.41, 5.74) is 0. The molecule has 0 aromatic rings. The maximum absolute atomic E-state index is 12.3. The Morgan fingerprint density at radius 1 is 1.00 bits per heavy atom. The highest BCUT2D eigenvalue weighted by Crippen LogP contribution is 2.36. The van der Waals surface area contributed by atoms with Crippen LogP contribution in [0.5, 0.6) is 0 Å². The van der Waals surface area contributed by atoms with Crippen molar-refractivity contribution in [2.45, 2.75) is 64.2 Å². The van der Waals surface area contributed by atoms with E-state index in [1.54, 1.807) is 6.92 Å². The lowest BCUT2D eigenvalue weighted by Crippen LogP contribution is -2.46. The van der Waals surface area contributed by atoms with Crippen LogP contribution in [0.1, 0.15) is 33.6 Å². The molecule has 0 aliphatic carbocycles. The molecule has 8 heteroatoms. The Labute approximate surface area is 108 Å². The maximum atomic E-state index is 12.3. The van der Waals surface area contributed by atoms with Crippen LogP contribution in [0.4, 0.5) is 26.3 Å². The zero-order chi connectivity index (χ0) is 15.3. The molecule has 1 N–H and O–H groups in total. The first-order valence-corrected chi connectivity index (χ1v) is 6.00. The lowest BCUT2D eigenvalue weighted by Gasteiger charge is -2.27. The zero-order valence-corrected chi connectivity index (χ0v) is 11.0. The molecule has 2 unspecified atom stereocenters. The summed E-state index contributed by atoms with van der Waals surface area (Å²) >= 11 is 0. The second kappa shape index (κ2) is 7.33. The van der Waals surface area contributed by atoms with Gasteiger partial charge in [-0.05, 0) is 33.2 Å². The SMILES string of the molecule is CCCNC(C)CC(C)OC(C(F)(F)F)C(F)(F)F. The van der Waals surface area contributed by atoms with E-state index in [0.29, 0.717) is 6.54 Å². The van der Waals surface area contributed by atoms with Crippen molar-refractivity contribution in [3.8, 4) is 0 Å². The molecular formula is C11H19F6NO. The monoisotopic (exact) mass is 295 g/mol. The summed E-state index contributed by atoms with van der Waals surface area (Å²) in [6.07, 6.45) is -14.9. The summed E-state index contributed by atoms with van der Waals surface area (Å²) in [7, 11) is 0. The molecule has 19 heavy (non-hydrogen) atoms. The minimum absolute atomic E-state index is 0.0721. The fraction of sp³-hybridized carbons (Fsp3) is 1.00. The first-order valence-electron chi connectivity index (χ1n) is 6.00. The minimum Gasteiger partial charge on any atom is -0.358 e. The Morgan fingerprint density at radius 2 is 1.47 bits per heavy atom. The van der Waals surface area contributed by atoms with E-state index < -0.39 is 24.6 Å². The third-order valence-electron chi connectivity index (χ3n) is 2.39. The molecule has 2 nitrogen and oxygen atoms in total. The first kappa shape index (κ1) is 18.5. The van der Waals surface area contributed by atoms with Crippen LogP contribution in [-0.4, -0.2) is 37.1 Å². The van der Waals surface area contributed by atoms with E-state index in [9.17, 15) is 26.3 Å². The summed E-state index contributed by atoms with van der Waals surface area (Å²) in [5, 5.41) is 2.97. The Kier molecular flexibility index (Phi) is 7.13. The van der Waals surface area contributed by atoms with Crippen LogP contribution in [0, 0.1) is 0 Å². The summed E-state index contributed by atoms with van der Waals surface area (Å²) in [6.45, 7) is 5.44. The fourth-order valence-corrected chi connectivity index (χ4v) is 1.60. The quantitative estimate of drug-likeness (QED) is 0.724. The molecule has 0 aliphatic rings. The first-order chi connectivity index (χ1) is 8.48. The summed E-state index contributed by atoms with van der Waals surface area (Å²) < 4.78 is 77.7. The third-order valence-corrected chi connectivity index (χ3v) is 2.39. The van der Waals surface area contributed by atoms with Crippen molar-refractivity contribution in [1.29, 1.82) is 0 Å². The van der Waals surface area contributed by atoms with Gasteiger partial charge in [-0.2, -0.15) is 26.3 Å². The second-order valence-corrected chi connectivity index (χ2v) is 4.50. The van der Waals surface area contributed by atoms with Gasteiger partial charge in [0.2, 0.25) is 6.10 Å². The van der Waals surface area contributed by atoms with Gasteiger partial charge in [0.1, 0.15) is 0 Å². The van der Waals surface area contributed by atoms with Crippen LogP contribution in [0.15, 0.2) is 0 Å². The van der Waals surface area contributed by atoms with Crippen molar-refractivity contribution in [1.82, 2.24) is 5.32 Å². The molecule has 2 atom stereocenters. The Hall–Kier alpha value is -0.500. The maximum Gasteiger partial charge on any atom is 0.423 e. The lowest BCUT2D eigenvalue weighted by molar-refractivity contribution is -0.330. The standard InChI is InChI=1S/C11H19F6NO/c1-4-5-18-7(2)6-8(3)19-9(10(12,13)14)11(15,16)17/h7-9,18H,4-6H2,1-3H3. The summed E-state index contributed by atoms with van der Waals surface area (Å²) in [6, 6.07) is -0.211. The van der Waals surface area contributed by atoms with Gasteiger partial charge in [-0.3, -0.25) is 0 Å². The van der Waals surface area contributed by atoms with Crippen LogP contribution < -0.4 is 5.32 Å². The molecule has 0 amide bonds. The molecule has 0 fully saturated rings. The van der Waals surface area contributed by atoms with Gasteiger partial charge in [0.05, 0.1) is 6.10 Å². The number of nitrogens with one attached hydrogen (secondary N) is 1. The van der Waals surface area contributed by atoms with Crippen LogP contribution in [-0.2, 0) is 4.74 Å². The number of alkyl halides is 6. The van der Waals surface area contributed by atoms with Crippen molar-refractivity contribution >= 4 is 0 Å². The van der Waals surface area contributed by atoms with Crippen molar-refractivity contribution < 1.29 is 31.1 Å². The molecule has 0 radical (unpaired) electrons. The predicted molar refractivity (Wildman–Crippen MR) is 58.8 cm³/mol. The molecule has 116 valence electrons. The number of halogens is 6. The van der Waals surface area contributed by atoms with E-state index in [0.717, 1.165) is 6.42 Å². The smallest absolute Gasteiger partial charge is 0.358 e. The molecule has 0 aromatic carbocycles. The molecule has 0 aliphatic heterocycles. The topological polar surface area (TPSA) is 21.3 Å². The molecule has 0 aromatic heterocycles. The van der Waals surface area contributed by atoms with Gasteiger partial charge in [-0.15, -0.1) is 0 Å². The van der Waals surface area contributed by atoms with Gasteiger partial charge in [0, 0.05) is 6.04 Å². The van der Waals surface area contributed by atoms with E-state index in [1.165, 1.54) is 6.92 Å². The lowest BCUT2D eigenvalue weighted by atomic mass is 10.1. The molecule has 0 saturated heterocycles. The van der Waals surface area contributed by atoms with E-state index in [1.807, 2.05) is 6.92 Å². The summed E-state index contributed by atoms with van der Waals surface area (Å²) in [5.74, 6) is 0. The molecule has 0 bridgehead atoms. The van der Waals surface area contributed by atoms with E-state index >= 15 is 0 Å². The predicted octanol–water partition coefficient (Wildman–Crippen LogP) is 3.66. The van der Waals surface area contributed by atoms with Crippen LogP contribution in [0.3, 0.4) is 0 Å². The van der Waals surface area contributed by atoms with Crippen molar-refractivity contribution in [2.75, 3.05) is 6.54 Å². The van der Waals surface area contributed by atoms with Crippen molar-refractivity contribution in [2.24, 2.45) is 0 Å². The molecule has 0 heterocycles. The highest BCUT2D eigenvalue weighted by molar-refractivity contribution is 4.78. The van der Waals surface area contributed by atoms with E-state index in [-0.39, 0.29) is 12.5 Å². The van der Waals surface area contributed by atoms with Gasteiger partial charge in [0.25, 0.3) is 0 Å². The van der Waals surface area contributed by atoms with Crippen LogP contribution in [0.25, 0.3) is 0 Å². The Morgan fingerprint density at radius 3 is 1.84 bits per heavy atom. The van der Waals surface area contributed by atoms with E-state index in [2.05, 4.69) is 10.1 Å². The minimum atomic E-state index is -5.45. The number of hydrogen-bond acceptors (Lipinski definition) is 2. The van der Waals surface area contributed by atoms with Crippen molar-refractivity contribution in [3.05, 3.63) is 0 Å². The molecule has 0 saturated carbocycles. The number of rotatable bonds is 7. The van der Waals surface area contributed by atoms with Gasteiger partial charge in [-0.1, -0.05) is 6.92 Å². The fourth-order valence-electron chi connectivity index (χ4n) is 1.60. The number of hydrogen-bond donors (Lipinski definition) is 1. The molecule has 0 spiro atoms. The highest BCUT2D eigenvalue weighted by atomic mass is 19.4. The molecule has 0 rings (SSSR count). The van der Waals surface area contributed by atoms with Crippen LogP contribution in [0.2, 0.25) is 0 Å². The highest BCUT2D eigenvalue weighted by Gasteiger charge is 2.58. The largest absolute Gasteiger partial charge is 0.423 e. The normalized spacial score (nSPS) is 16.7. The molecular weight excluding hydrogens is 276 g/mol. The average molecular weight is 295 g/mol. The average Bonchev–Trinajstić information content (AvgIpc) is 2.19. The van der Waals surface area contributed by atoms with Gasteiger partial charge < -0.3 is 10.1 Å². The van der Waals surface area contributed by atoms with Crippen LogP contribution >= 0.6 is 0 Å². The van der Waals surface area contributed by atoms with E-state index in [4.69, 9.17) is 0 Å². The second-order valence-electron chi connectivity index (χ2n) is 4.50. The third kappa shape index (κ3) is 7.61. The number of ether oxygens (including phenoxy) is 1. The summed E-state index contributed by atoms with van der Waals surface area (Å²) in [4.78, 5) is 0. The zero-order valence-electron chi connectivity index (χ0n) is 11.0. The van der Waals surface area contributed by atoms with Gasteiger partial charge in [-0.25, -0.2) is 0 Å². The Bertz CT molecular complexity index is 239. The van der Waals surface area contributed by atoms with Gasteiger partial charge >= 0.3 is 12.4 Å². The Balaban J connectivity index is 4.45. The van der Waals surface area contributed by atoms with Crippen molar-refractivity contribution in [3.63, 3.8) is 0 Å².